The van der Waals surface area contributed by atoms with E-state index in [2.05, 4.69) is 30.5 Å². The molecule has 0 saturated heterocycles. The summed E-state index contributed by atoms with van der Waals surface area (Å²) in [4.78, 5) is 23.9. The summed E-state index contributed by atoms with van der Waals surface area (Å²) < 4.78 is 19.1. The van der Waals surface area contributed by atoms with Crippen LogP contribution in [-0.4, -0.2) is 31.5 Å². The molecule has 0 radical (unpaired) electrons. The van der Waals surface area contributed by atoms with E-state index in [1.54, 1.807) is 19.1 Å². The molecule has 0 bridgehead atoms. The fraction of sp³-hybridized carbons (Fsp3) is 0.364. The molecule has 28 heavy (non-hydrogen) atoms. The van der Waals surface area contributed by atoms with Gasteiger partial charge in [-0.05, 0) is 54.7 Å². The monoisotopic (exact) mass is 386 g/mol. The first-order chi connectivity index (χ1) is 13.3. The van der Waals surface area contributed by atoms with Crippen LogP contribution in [0.4, 0.5) is 4.39 Å². The molecule has 2 rings (SSSR count). The van der Waals surface area contributed by atoms with Crippen molar-refractivity contribution in [1.29, 1.82) is 0 Å². The first-order valence-electron chi connectivity index (χ1n) is 9.32. The molecule has 0 heterocycles. The van der Waals surface area contributed by atoms with E-state index in [1.165, 1.54) is 6.07 Å². The van der Waals surface area contributed by atoms with E-state index in [-0.39, 0.29) is 37.1 Å². The Morgan fingerprint density at radius 2 is 1.68 bits per heavy atom. The minimum absolute atomic E-state index is 0.0977. The standard InChI is InChI=1S/C22H27FN2O3/c1-14(2)17-7-6-16(4)20(12-17)28-13-21(26)24-9-10-25-22(27)18-8-5-15(3)19(23)11-18/h5-8,11-12,14H,9-10,13H2,1-4H3,(H,24,26)(H,25,27). The second kappa shape index (κ2) is 9.88. The average Bonchev–Trinajstić information content (AvgIpc) is 2.66. The third-order valence-electron chi connectivity index (χ3n) is 4.40. The van der Waals surface area contributed by atoms with Gasteiger partial charge >= 0.3 is 0 Å². The van der Waals surface area contributed by atoms with Crippen LogP contribution in [0.15, 0.2) is 36.4 Å². The molecule has 0 aliphatic heterocycles. The van der Waals surface area contributed by atoms with Crippen LogP contribution in [0.5, 0.6) is 5.75 Å². The van der Waals surface area contributed by atoms with Gasteiger partial charge in [-0.15, -0.1) is 0 Å². The zero-order valence-corrected chi connectivity index (χ0v) is 16.8. The Balaban J connectivity index is 1.73. The highest BCUT2D eigenvalue weighted by atomic mass is 19.1. The maximum Gasteiger partial charge on any atom is 0.258 e. The minimum atomic E-state index is -0.421. The molecule has 0 saturated carbocycles. The summed E-state index contributed by atoms with van der Waals surface area (Å²) in [6.07, 6.45) is 0. The molecule has 6 heteroatoms. The molecule has 2 aromatic rings. The summed E-state index contributed by atoms with van der Waals surface area (Å²) >= 11 is 0. The Morgan fingerprint density at radius 1 is 1.00 bits per heavy atom. The summed E-state index contributed by atoms with van der Waals surface area (Å²) in [7, 11) is 0. The van der Waals surface area contributed by atoms with Crippen molar-refractivity contribution in [3.8, 4) is 5.75 Å². The molecule has 0 atom stereocenters. The maximum atomic E-state index is 13.5. The van der Waals surface area contributed by atoms with Crippen LogP contribution in [0.25, 0.3) is 0 Å². The lowest BCUT2D eigenvalue weighted by Crippen LogP contribution is -2.36. The van der Waals surface area contributed by atoms with Crippen LogP contribution in [0.1, 0.15) is 46.8 Å². The molecule has 0 aliphatic rings. The van der Waals surface area contributed by atoms with Crippen molar-refractivity contribution in [2.75, 3.05) is 19.7 Å². The van der Waals surface area contributed by atoms with Crippen molar-refractivity contribution in [2.45, 2.75) is 33.6 Å². The smallest absolute Gasteiger partial charge is 0.258 e. The van der Waals surface area contributed by atoms with Gasteiger partial charge in [0.2, 0.25) is 0 Å². The van der Waals surface area contributed by atoms with E-state index in [9.17, 15) is 14.0 Å². The van der Waals surface area contributed by atoms with Crippen LogP contribution < -0.4 is 15.4 Å². The lowest BCUT2D eigenvalue weighted by atomic mass is 10.0. The van der Waals surface area contributed by atoms with Gasteiger partial charge in [0.25, 0.3) is 11.8 Å². The van der Waals surface area contributed by atoms with Crippen LogP contribution in [0.2, 0.25) is 0 Å². The Bertz CT molecular complexity index is 850. The molecule has 0 aliphatic carbocycles. The van der Waals surface area contributed by atoms with Gasteiger partial charge in [-0.1, -0.05) is 32.0 Å². The Labute approximate surface area is 165 Å². The number of aryl methyl sites for hydroxylation is 2. The molecule has 150 valence electrons. The normalized spacial score (nSPS) is 10.6. The number of rotatable bonds is 8. The summed E-state index contributed by atoms with van der Waals surface area (Å²) in [5.74, 6) is -0.0103. The van der Waals surface area contributed by atoms with Gasteiger partial charge in [0, 0.05) is 18.7 Å². The van der Waals surface area contributed by atoms with E-state index in [0.717, 1.165) is 11.1 Å². The SMILES string of the molecule is Cc1ccc(C(=O)NCCNC(=O)COc2cc(C(C)C)ccc2C)cc1F. The van der Waals surface area contributed by atoms with Crippen LogP contribution in [0, 0.1) is 19.7 Å². The third kappa shape index (κ3) is 6.08. The fourth-order valence-corrected chi connectivity index (χ4v) is 2.54. The zero-order valence-electron chi connectivity index (χ0n) is 16.8. The topological polar surface area (TPSA) is 67.4 Å². The predicted octanol–water partition coefficient (Wildman–Crippen LogP) is 3.49. The third-order valence-corrected chi connectivity index (χ3v) is 4.40. The van der Waals surface area contributed by atoms with Gasteiger partial charge in [-0.25, -0.2) is 4.39 Å². The first kappa shape index (κ1) is 21.4. The van der Waals surface area contributed by atoms with Crippen molar-refractivity contribution in [2.24, 2.45) is 0 Å². The van der Waals surface area contributed by atoms with Gasteiger partial charge in [0.1, 0.15) is 11.6 Å². The number of halogens is 1. The van der Waals surface area contributed by atoms with Gasteiger partial charge in [-0.3, -0.25) is 9.59 Å². The number of nitrogens with one attached hydrogen (secondary N) is 2. The number of amides is 2. The summed E-state index contributed by atoms with van der Waals surface area (Å²) in [6.45, 7) is 8.16. The minimum Gasteiger partial charge on any atom is -0.483 e. The van der Waals surface area contributed by atoms with Crippen molar-refractivity contribution in [3.05, 3.63) is 64.5 Å². The molecule has 0 spiro atoms. The largest absolute Gasteiger partial charge is 0.483 e. The zero-order chi connectivity index (χ0) is 20.7. The highest BCUT2D eigenvalue weighted by Crippen LogP contribution is 2.24. The number of carbonyl (C=O) groups is 2. The molecule has 2 aromatic carbocycles. The molecule has 0 unspecified atom stereocenters. The van der Waals surface area contributed by atoms with E-state index < -0.39 is 5.82 Å². The number of benzene rings is 2. The predicted molar refractivity (Wildman–Crippen MR) is 107 cm³/mol. The Kier molecular flexibility index (Phi) is 7.55. The van der Waals surface area contributed by atoms with E-state index in [1.807, 2.05) is 19.1 Å². The van der Waals surface area contributed by atoms with E-state index >= 15 is 0 Å². The summed E-state index contributed by atoms with van der Waals surface area (Å²) in [6, 6.07) is 10.3. The van der Waals surface area contributed by atoms with E-state index in [0.29, 0.717) is 17.2 Å². The Hall–Kier alpha value is -2.89. The van der Waals surface area contributed by atoms with Gasteiger partial charge < -0.3 is 15.4 Å². The van der Waals surface area contributed by atoms with Crippen molar-refractivity contribution >= 4 is 11.8 Å². The first-order valence-corrected chi connectivity index (χ1v) is 9.32. The molecule has 2 N–H and O–H groups in total. The van der Waals surface area contributed by atoms with Crippen LogP contribution in [-0.2, 0) is 4.79 Å². The number of hydrogen-bond acceptors (Lipinski definition) is 3. The van der Waals surface area contributed by atoms with Crippen molar-refractivity contribution in [1.82, 2.24) is 10.6 Å². The van der Waals surface area contributed by atoms with E-state index in [4.69, 9.17) is 4.74 Å². The quantitative estimate of drug-likeness (QED) is 0.683. The van der Waals surface area contributed by atoms with Crippen LogP contribution >= 0.6 is 0 Å². The van der Waals surface area contributed by atoms with Crippen LogP contribution in [0.3, 0.4) is 0 Å². The van der Waals surface area contributed by atoms with Gasteiger partial charge in [-0.2, -0.15) is 0 Å². The average molecular weight is 386 g/mol. The van der Waals surface area contributed by atoms with Crippen molar-refractivity contribution in [3.63, 3.8) is 0 Å². The van der Waals surface area contributed by atoms with Gasteiger partial charge in [0.15, 0.2) is 6.61 Å². The molecule has 5 nitrogen and oxygen atoms in total. The van der Waals surface area contributed by atoms with Crippen molar-refractivity contribution < 1.29 is 18.7 Å². The second-order valence-corrected chi connectivity index (χ2v) is 7.04. The maximum absolute atomic E-state index is 13.5. The molecular weight excluding hydrogens is 359 g/mol. The number of hydrogen-bond donors (Lipinski definition) is 2. The number of ether oxygens (including phenoxy) is 1. The highest BCUT2D eigenvalue weighted by molar-refractivity contribution is 5.94. The number of carbonyl (C=O) groups excluding carboxylic acids is 2. The second-order valence-electron chi connectivity index (χ2n) is 7.04. The lowest BCUT2D eigenvalue weighted by molar-refractivity contribution is -0.123. The fourth-order valence-electron chi connectivity index (χ4n) is 2.54. The Morgan fingerprint density at radius 3 is 2.36 bits per heavy atom. The van der Waals surface area contributed by atoms with Gasteiger partial charge in [0.05, 0.1) is 0 Å². The molecular formula is C22H27FN2O3. The highest BCUT2D eigenvalue weighted by Gasteiger charge is 2.09. The molecule has 0 aromatic heterocycles. The molecule has 0 fully saturated rings. The summed E-state index contributed by atoms with van der Waals surface area (Å²) in [5, 5.41) is 5.33. The summed E-state index contributed by atoms with van der Waals surface area (Å²) in [5.41, 5.74) is 2.85. The lowest BCUT2D eigenvalue weighted by Gasteiger charge is -2.13. The molecule has 2 amide bonds.